The Morgan fingerprint density at radius 3 is 2.63 bits per heavy atom. The van der Waals surface area contributed by atoms with Crippen LogP contribution in [-0.4, -0.2) is 26.5 Å². The molecule has 0 saturated carbocycles. The van der Waals surface area contributed by atoms with E-state index in [2.05, 4.69) is 11.3 Å². The van der Waals surface area contributed by atoms with E-state index in [-0.39, 0.29) is 4.90 Å². The van der Waals surface area contributed by atoms with Crippen LogP contribution < -0.4 is 10.5 Å². The Hall–Kier alpha value is -0.980. The van der Waals surface area contributed by atoms with E-state index >= 15 is 0 Å². The van der Waals surface area contributed by atoms with E-state index < -0.39 is 10.0 Å². The number of aryl methyl sites for hydroxylation is 2. The van der Waals surface area contributed by atoms with Gasteiger partial charge in [-0.25, -0.2) is 13.1 Å². The van der Waals surface area contributed by atoms with Crippen LogP contribution in [0.2, 0.25) is 0 Å². The van der Waals surface area contributed by atoms with Gasteiger partial charge in [-0.15, -0.1) is 6.58 Å². The first kappa shape index (κ1) is 16.1. The van der Waals surface area contributed by atoms with Crippen molar-refractivity contribution in [1.82, 2.24) is 4.72 Å². The SMILES string of the molecule is C=CCSCCNS(=O)(=O)c1c(C)ccc(C)c1N. The summed E-state index contributed by atoms with van der Waals surface area (Å²) in [5.41, 5.74) is 7.64. The standard InChI is InChI=1S/C13H20N2O2S2/c1-4-8-18-9-7-15-19(16,17)13-11(3)6-5-10(2)12(13)14/h4-6,15H,1,7-9,14H2,2-3H3. The molecule has 6 heteroatoms. The Labute approximate surface area is 119 Å². The molecule has 0 aliphatic rings. The van der Waals surface area contributed by atoms with Crippen molar-refractivity contribution in [2.75, 3.05) is 23.8 Å². The van der Waals surface area contributed by atoms with Crippen molar-refractivity contribution >= 4 is 27.5 Å². The van der Waals surface area contributed by atoms with E-state index in [9.17, 15) is 8.42 Å². The number of nitrogens with one attached hydrogen (secondary N) is 1. The zero-order valence-electron chi connectivity index (χ0n) is 11.3. The van der Waals surface area contributed by atoms with Crippen molar-refractivity contribution in [2.24, 2.45) is 0 Å². The normalized spacial score (nSPS) is 11.5. The third-order valence-corrected chi connectivity index (χ3v) is 5.28. The molecule has 0 aliphatic carbocycles. The second-order valence-corrected chi connectivity index (χ2v) is 7.06. The molecule has 0 fully saturated rings. The van der Waals surface area contributed by atoms with Crippen molar-refractivity contribution in [3.05, 3.63) is 35.9 Å². The van der Waals surface area contributed by atoms with E-state index in [1.54, 1.807) is 37.8 Å². The molecular formula is C13H20N2O2S2. The minimum Gasteiger partial charge on any atom is -0.397 e. The molecule has 0 atom stereocenters. The third kappa shape index (κ3) is 4.26. The van der Waals surface area contributed by atoms with Crippen molar-refractivity contribution in [2.45, 2.75) is 18.7 Å². The number of rotatable bonds is 7. The second kappa shape index (κ2) is 6.98. The average molecular weight is 300 g/mol. The number of sulfonamides is 1. The molecule has 19 heavy (non-hydrogen) atoms. The number of hydrogen-bond donors (Lipinski definition) is 2. The molecule has 0 aliphatic heterocycles. The molecule has 0 spiro atoms. The van der Waals surface area contributed by atoms with E-state index in [0.29, 0.717) is 23.5 Å². The first-order chi connectivity index (χ1) is 8.90. The van der Waals surface area contributed by atoms with Crippen molar-refractivity contribution in [3.8, 4) is 0 Å². The molecule has 3 N–H and O–H groups in total. The van der Waals surface area contributed by atoms with Gasteiger partial charge in [-0.1, -0.05) is 18.2 Å². The van der Waals surface area contributed by atoms with Crippen LogP contribution in [0.1, 0.15) is 11.1 Å². The van der Waals surface area contributed by atoms with Crippen LogP contribution in [-0.2, 0) is 10.0 Å². The third-order valence-electron chi connectivity index (χ3n) is 2.65. The molecule has 0 saturated heterocycles. The number of nitrogens with two attached hydrogens (primary N) is 1. The lowest BCUT2D eigenvalue weighted by molar-refractivity contribution is 0.584. The number of thioether (sulfide) groups is 1. The number of nitrogen functional groups attached to an aromatic ring is 1. The zero-order valence-corrected chi connectivity index (χ0v) is 12.9. The topological polar surface area (TPSA) is 72.2 Å². The Morgan fingerprint density at radius 1 is 1.37 bits per heavy atom. The summed E-state index contributed by atoms with van der Waals surface area (Å²) in [5.74, 6) is 1.52. The fourth-order valence-corrected chi connectivity index (χ4v) is 3.82. The van der Waals surface area contributed by atoms with Crippen LogP contribution in [0.5, 0.6) is 0 Å². The van der Waals surface area contributed by atoms with Crippen molar-refractivity contribution < 1.29 is 8.42 Å². The largest absolute Gasteiger partial charge is 0.397 e. The number of hydrogen-bond acceptors (Lipinski definition) is 4. The molecule has 1 aromatic rings. The minimum absolute atomic E-state index is 0.196. The predicted octanol–water partition coefficient (Wildman–Crippen LogP) is 2.08. The van der Waals surface area contributed by atoms with E-state index in [0.717, 1.165) is 11.3 Å². The molecule has 0 heterocycles. The summed E-state index contributed by atoms with van der Waals surface area (Å²) in [7, 11) is -3.55. The van der Waals surface area contributed by atoms with Gasteiger partial charge in [0.2, 0.25) is 10.0 Å². The van der Waals surface area contributed by atoms with Crippen LogP contribution in [0, 0.1) is 13.8 Å². The van der Waals surface area contributed by atoms with Gasteiger partial charge >= 0.3 is 0 Å². The van der Waals surface area contributed by atoms with Crippen LogP contribution in [0.15, 0.2) is 29.7 Å². The highest BCUT2D eigenvalue weighted by molar-refractivity contribution is 7.99. The fourth-order valence-electron chi connectivity index (χ4n) is 1.65. The van der Waals surface area contributed by atoms with Crippen LogP contribution in [0.4, 0.5) is 5.69 Å². The van der Waals surface area contributed by atoms with E-state index in [1.807, 2.05) is 6.07 Å². The lowest BCUT2D eigenvalue weighted by Crippen LogP contribution is -2.27. The lowest BCUT2D eigenvalue weighted by Gasteiger charge is -2.13. The average Bonchev–Trinajstić information content (AvgIpc) is 2.34. The van der Waals surface area contributed by atoms with Gasteiger partial charge in [0.25, 0.3) is 0 Å². The molecule has 0 radical (unpaired) electrons. The first-order valence-electron chi connectivity index (χ1n) is 5.94. The molecule has 0 bridgehead atoms. The molecule has 1 aromatic carbocycles. The monoisotopic (exact) mass is 300 g/mol. The summed E-state index contributed by atoms with van der Waals surface area (Å²) < 4.78 is 27.1. The number of benzene rings is 1. The molecule has 106 valence electrons. The maximum Gasteiger partial charge on any atom is 0.242 e. The Bertz CT molecular complexity index is 554. The molecule has 4 nitrogen and oxygen atoms in total. The van der Waals surface area contributed by atoms with Gasteiger partial charge in [-0.3, -0.25) is 0 Å². The fraction of sp³-hybridized carbons (Fsp3) is 0.385. The summed E-state index contributed by atoms with van der Waals surface area (Å²) in [6.45, 7) is 7.54. The second-order valence-electron chi connectivity index (χ2n) is 4.20. The predicted molar refractivity (Wildman–Crippen MR) is 83.0 cm³/mol. The van der Waals surface area contributed by atoms with Crippen molar-refractivity contribution in [3.63, 3.8) is 0 Å². The Morgan fingerprint density at radius 2 is 2.00 bits per heavy atom. The summed E-state index contributed by atoms with van der Waals surface area (Å²) in [6.07, 6.45) is 1.79. The maximum atomic E-state index is 12.2. The van der Waals surface area contributed by atoms with Crippen LogP contribution in [0.25, 0.3) is 0 Å². The van der Waals surface area contributed by atoms with Gasteiger partial charge in [0.15, 0.2) is 0 Å². The highest BCUT2D eigenvalue weighted by Gasteiger charge is 2.20. The first-order valence-corrected chi connectivity index (χ1v) is 8.58. The summed E-state index contributed by atoms with van der Waals surface area (Å²) >= 11 is 1.62. The maximum absolute atomic E-state index is 12.2. The highest BCUT2D eigenvalue weighted by atomic mass is 32.2. The van der Waals surface area contributed by atoms with Gasteiger partial charge in [0, 0.05) is 18.1 Å². The van der Waals surface area contributed by atoms with Crippen LogP contribution in [0.3, 0.4) is 0 Å². The Kier molecular flexibility index (Phi) is 5.90. The molecular weight excluding hydrogens is 280 g/mol. The van der Waals surface area contributed by atoms with E-state index in [4.69, 9.17) is 5.73 Å². The quantitative estimate of drug-likeness (QED) is 0.459. The highest BCUT2D eigenvalue weighted by Crippen LogP contribution is 2.25. The summed E-state index contributed by atoms with van der Waals surface area (Å²) in [4.78, 5) is 0.196. The summed E-state index contributed by atoms with van der Waals surface area (Å²) in [6, 6.07) is 3.59. The molecule has 0 amide bonds. The molecule has 0 unspecified atom stereocenters. The van der Waals surface area contributed by atoms with Gasteiger partial charge in [-0.05, 0) is 25.0 Å². The van der Waals surface area contributed by atoms with Crippen molar-refractivity contribution in [1.29, 1.82) is 0 Å². The van der Waals surface area contributed by atoms with Gasteiger partial charge < -0.3 is 5.73 Å². The lowest BCUT2D eigenvalue weighted by atomic mass is 10.1. The summed E-state index contributed by atoms with van der Waals surface area (Å²) in [5, 5.41) is 0. The molecule has 0 aromatic heterocycles. The van der Waals surface area contributed by atoms with Gasteiger partial charge in [-0.2, -0.15) is 11.8 Å². The number of anilines is 1. The van der Waals surface area contributed by atoms with Gasteiger partial charge in [0.1, 0.15) is 4.90 Å². The minimum atomic E-state index is -3.55. The van der Waals surface area contributed by atoms with Gasteiger partial charge in [0.05, 0.1) is 5.69 Å². The van der Waals surface area contributed by atoms with E-state index in [1.165, 1.54) is 0 Å². The van der Waals surface area contributed by atoms with Crippen LogP contribution >= 0.6 is 11.8 Å². The molecule has 1 rings (SSSR count). The zero-order chi connectivity index (χ0) is 14.5. The smallest absolute Gasteiger partial charge is 0.242 e. The Balaban J connectivity index is 2.83.